The van der Waals surface area contributed by atoms with Crippen LogP contribution in [0.15, 0.2) is 42.6 Å². The molecule has 0 saturated carbocycles. The molecule has 0 aliphatic carbocycles. The first kappa shape index (κ1) is 11.9. The molecule has 1 aromatic heterocycles. The number of methoxy groups -OCH3 is 1. The molecule has 0 aliphatic heterocycles. The smallest absolute Gasteiger partial charge is 0.335 e. The van der Waals surface area contributed by atoms with Gasteiger partial charge in [0, 0.05) is 18.0 Å². The van der Waals surface area contributed by atoms with Crippen LogP contribution >= 0.6 is 0 Å². The minimum atomic E-state index is -0.980. The van der Waals surface area contributed by atoms with Gasteiger partial charge in [0.25, 0.3) is 0 Å². The number of aromatic carboxylic acids is 1. The van der Waals surface area contributed by atoms with Crippen LogP contribution in [0.2, 0.25) is 0 Å². The molecule has 2 N–H and O–H groups in total. The zero-order valence-electron chi connectivity index (χ0n) is 9.75. The van der Waals surface area contributed by atoms with E-state index in [1.165, 1.54) is 18.3 Å². The highest BCUT2D eigenvalue weighted by Gasteiger charge is 2.04. The van der Waals surface area contributed by atoms with E-state index in [1.807, 2.05) is 18.2 Å². The van der Waals surface area contributed by atoms with Gasteiger partial charge in [0.2, 0.25) is 0 Å². The number of ether oxygens (including phenoxy) is 1. The van der Waals surface area contributed by atoms with Crippen molar-refractivity contribution in [2.75, 3.05) is 12.4 Å². The lowest BCUT2D eigenvalue weighted by Crippen LogP contribution is -1.99. The minimum absolute atomic E-state index is 0.190. The van der Waals surface area contributed by atoms with Crippen LogP contribution in [0, 0.1) is 0 Å². The monoisotopic (exact) mass is 244 g/mol. The van der Waals surface area contributed by atoms with Crippen molar-refractivity contribution in [2.45, 2.75) is 0 Å². The van der Waals surface area contributed by atoms with Gasteiger partial charge in [-0.25, -0.2) is 9.78 Å². The second-order valence-electron chi connectivity index (χ2n) is 3.59. The fraction of sp³-hybridized carbons (Fsp3) is 0.0769. The maximum absolute atomic E-state index is 10.8. The Labute approximate surface area is 104 Å². The molecule has 92 valence electrons. The van der Waals surface area contributed by atoms with Gasteiger partial charge >= 0.3 is 5.97 Å². The van der Waals surface area contributed by atoms with E-state index in [-0.39, 0.29) is 5.56 Å². The van der Waals surface area contributed by atoms with Gasteiger partial charge in [0.1, 0.15) is 11.6 Å². The van der Waals surface area contributed by atoms with E-state index in [4.69, 9.17) is 9.84 Å². The highest BCUT2D eigenvalue weighted by atomic mass is 16.5. The maximum Gasteiger partial charge on any atom is 0.335 e. The van der Waals surface area contributed by atoms with Gasteiger partial charge in [-0.05, 0) is 24.3 Å². The van der Waals surface area contributed by atoms with Crippen molar-refractivity contribution in [3.63, 3.8) is 0 Å². The summed E-state index contributed by atoms with van der Waals surface area (Å²) in [5.74, 6) is 0.212. The Balaban J connectivity index is 2.22. The zero-order valence-corrected chi connectivity index (χ0v) is 9.75. The van der Waals surface area contributed by atoms with E-state index in [0.717, 1.165) is 11.4 Å². The number of hydrogen-bond acceptors (Lipinski definition) is 4. The summed E-state index contributed by atoms with van der Waals surface area (Å²) in [5, 5.41) is 11.9. The number of benzene rings is 1. The van der Waals surface area contributed by atoms with Crippen molar-refractivity contribution in [3.8, 4) is 5.75 Å². The Hall–Kier alpha value is -2.56. The van der Waals surface area contributed by atoms with Gasteiger partial charge in [-0.3, -0.25) is 0 Å². The molecular formula is C13H12N2O3. The van der Waals surface area contributed by atoms with E-state index in [2.05, 4.69) is 10.3 Å². The Bertz CT molecular complexity index is 570. The van der Waals surface area contributed by atoms with Crippen molar-refractivity contribution in [1.82, 2.24) is 4.98 Å². The second kappa shape index (κ2) is 5.18. The van der Waals surface area contributed by atoms with Crippen molar-refractivity contribution >= 4 is 17.5 Å². The summed E-state index contributed by atoms with van der Waals surface area (Å²) in [7, 11) is 1.59. The molecule has 1 heterocycles. The largest absolute Gasteiger partial charge is 0.497 e. The first-order valence-corrected chi connectivity index (χ1v) is 5.29. The summed E-state index contributed by atoms with van der Waals surface area (Å²) in [6.07, 6.45) is 1.45. The molecule has 0 radical (unpaired) electrons. The maximum atomic E-state index is 10.8. The summed E-state index contributed by atoms with van der Waals surface area (Å²) in [6, 6.07) is 10.2. The van der Waals surface area contributed by atoms with Gasteiger partial charge in [-0.2, -0.15) is 0 Å². The van der Waals surface area contributed by atoms with Crippen LogP contribution in [0.5, 0.6) is 5.75 Å². The first-order chi connectivity index (χ1) is 8.69. The molecule has 1 aromatic carbocycles. The third kappa shape index (κ3) is 2.76. The lowest BCUT2D eigenvalue weighted by Gasteiger charge is -2.07. The Morgan fingerprint density at radius 3 is 2.89 bits per heavy atom. The highest BCUT2D eigenvalue weighted by Crippen LogP contribution is 2.20. The van der Waals surface area contributed by atoms with E-state index in [0.29, 0.717) is 5.82 Å². The Kier molecular flexibility index (Phi) is 3.43. The third-order valence-electron chi connectivity index (χ3n) is 2.35. The number of aromatic nitrogens is 1. The highest BCUT2D eigenvalue weighted by molar-refractivity contribution is 5.88. The Morgan fingerprint density at radius 1 is 1.33 bits per heavy atom. The fourth-order valence-corrected chi connectivity index (χ4v) is 1.48. The SMILES string of the molecule is COc1cccc(Nc2cc(C(=O)O)ccn2)c1. The number of nitrogens with one attached hydrogen (secondary N) is 1. The van der Waals surface area contributed by atoms with Gasteiger partial charge < -0.3 is 15.2 Å². The molecule has 0 saturated heterocycles. The quantitative estimate of drug-likeness (QED) is 0.864. The average Bonchev–Trinajstić information content (AvgIpc) is 2.39. The number of nitrogens with zero attached hydrogens (tertiary/aromatic N) is 1. The van der Waals surface area contributed by atoms with E-state index >= 15 is 0 Å². The number of carboxylic acid groups (broad SMARTS) is 1. The van der Waals surface area contributed by atoms with Crippen LogP contribution in [0.1, 0.15) is 10.4 Å². The van der Waals surface area contributed by atoms with E-state index < -0.39 is 5.97 Å². The van der Waals surface area contributed by atoms with E-state index in [1.54, 1.807) is 13.2 Å². The van der Waals surface area contributed by atoms with Gasteiger partial charge in [-0.1, -0.05) is 6.07 Å². The van der Waals surface area contributed by atoms with Gasteiger partial charge in [0.05, 0.1) is 12.7 Å². The molecular weight excluding hydrogens is 232 g/mol. The first-order valence-electron chi connectivity index (χ1n) is 5.29. The molecule has 2 aromatic rings. The molecule has 2 rings (SSSR count). The molecule has 0 aliphatic rings. The van der Waals surface area contributed by atoms with Crippen LogP contribution < -0.4 is 10.1 Å². The summed E-state index contributed by atoms with van der Waals surface area (Å²) in [6.45, 7) is 0. The molecule has 0 atom stereocenters. The standard InChI is InChI=1S/C13H12N2O3/c1-18-11-4-2-3-10(8-11)15-12-7-9(13(16)17)5-6-14-12/h2-8H,1H3,(H,14,15)(H,16,17). The van der Waals surface area contributed by atoms with Gasteiger partial charge in [0.15, 0.2) is 0 Å². The van der Waals surface area contributed by atoms with Crippen molar-refractivity contribution in [3.05, 3.63) is 48.2 Å². The minimum Gasteiger partial charge on any atom is -0.497 e. The average molecular weight is 244 g/mol. The van der Waals surface area contributed by atoms with Crippen LogP contribution in [-0.4, -0.2) is 23.2 Å². The molecule has 0 bridgehead atoms. The van der Waals surface area contributed by atoms with Crippen molar-refractivity contribution < 1.29 is 14.6 Å². The molecule has 5 nitrogen and oxygen atoms in total. The number of carbonyl (C=O) groups is 1. The van der Waals surface area contributed by atoms with Crippen LogP contribution in [0.25, 0.3) is 0 Å². The van der Waals surface area contributed by atoms with Crippen molar-refractivity contribution in [2.24, 2.45) is 0 Å². The number of carboxylic acids is 1. The van der Waals surface area contributed by atoms with Gasteiger partial charge in [-0.15, -0.1) is 0 Å². The number of pyridine rings is 1. The molecule has 18 heavy (non-hydrogen) atoms. The molecule has 0 amide bonds. The zero-order chi connectivity index (χ0) is 13.0. The summed E-state index contributed by atoms with van der Waals surface area (Å²) in [4.78, 5) is 14.9. The molecule has 0 spiro atoms. The van der Waals surface area contributed by atoms with Crippen LogP contribution in [-0.2, 0) is 0 Å². The van der Waals surface area contributed by atoms with Crippen LogP contribution in [0.4, 0.5) is 11.5 Å². The Morgan fingerprint density at radius 2 is 2.17 bits per heavy atom. The number of rotatable bonds is 4. The number of hydrogen-bond donors (Lipinski definition) is 2. The van der Waals surface area contributed by atoms with E-state index in [9.17, 15) is 4.79 Å². The lowest BCUT2D eigenvalue weighted by atomic mass is 10.2. The number of anilines is 2. The summed E-state index contributed by atoms with van der Waals surface area (Å²) < 4.78 is 5.10. The summed E-state index contributed by atoms with van der Waals surface area (Å²) >= 11 is 0. The topological polar surface area (TPSA) is 71.5 Å². The second-order valence-corrected chi connectivity index (χ2v) is 3.59. The lowest BCUT2D eigenvalue weighted by molar-refractivity contribution is 0.0697. The predicted octanol–water partition coefficient (Wildman–Crippen LogP) is 2.53. The van der Waals surface area contributed by atoms with Crippen molar-refractivity contribution in [1.29, 1.82) is 0 Å². The van der Waals surface area contributed by atoms with Crippen LogP contribution in [0.3, 0.4) is 0 Å². The molecule has 0 unspecified atom stereocenters. The third-order valence-corrected chi connectivity index (χ3v) is 2.35. The fourth-order valence-electron chi connectivity index (χ4n) is 1.48. The predicted molar refractivity (Wildman–Crippen MR) is 67.5 cm³/mol. The summed E-state index contributed by atoms with van der Waals surface area (Å²) in [5.41, 5.74) is 0.972. The molecule has 0 fully saturated rings. The molecule has 5 heteroatoms. The normalized spacial score (nSPS) is 9.83.